The van der Waals surface area contributed by atoms with Crippen LogP contribution in [0.25, 0.3) is 0 Å². The van der Waals surface area contributed by atoms with Crippen LogP contribution in [0.2, 0.25) is 0 Å². The Kier molecular flexibility index (Phi) is 4.45. The molecule has 0 heterocycles. The highest BCUT2D eigenvalue weighted by molar-refractivity contribution is 5.97. The number of carbonyl (C=O) groups excluding carboxylic acids is 1. The second-order valence-corrected chi connectivity index (χ2v) is 3.85. The summed E-state index contributed by atoms with van der Waals surface area (Å²) >= 11 is 0. The molecule has 0 fully saturated rings. The Morgan fingerprint density at radius 1 is 1.59 bits per heavy atom. The van der Waals surface area contributed by atoms with Gasteiger partial charge in [0.2, 0.25) is 0 Å². The largest absolute Gasteiger partial charge is 0.507 e. The molecule has 1 amide bonds. The van der Waals surface area contributed by atoms with Crippen molar-refractivity contribution < 1.29 is 19.0 Å². The Morgan fingerprint density at radius 2 is 2.24 bits per heavy atom. The van der Waals surface area contributed by atoms with E-state index in [-0.39, 0.29) is 17.4 Å². The average Bonchev–Trinajstić information content (AvgIpc) is 2.27. The minimum atomic E-state index is -0.730. The van der Waals surface area contributed by atoms with E-state index >= 15 is 0 Å². The molecule has 0 aliphatic carbocycles. The quantitative estimate of drug-likeness (QED) is 0.871. The van der Waals surface area contributed by atoms with E-state index in [0.717, 1.165) is 6.07 Å². The van der Waals surface area contributed by atoms with Crippen molar-refractivity contribution in [2.75, 3.05) is 20.8 Å². The Morgan fingerprint density at radius 3 is 2.76 bits per heavy atom. The molecular weight excluding hydrogens is 225 g/mol. The first-order chi connectivity index (χ1) is 7.99. The molecule has 0 bridgehead atoms. The maximum atomic E-state index is 13.5. The van der Waals surface area contributed by atoms with E-state index in [0.29, 0.717) is 6.61 Å². The Bertz CT molecular complexity index is 388. The third-order valence-electron chi connectivity index (χ3n) is 2.59. The molecule has 0 aliphatic heterocycles. The zero-order valence-corrected chi connectivity index (χ0v) is 10.1. The van der Waals surface area contributed by atoms with Crippen LogP contribution in [-0.2, 0) is 4.74 Å². The van der Waals surface area contributed by atoms with Crippen molar-refractivity contribution in [3.8, 4) is 5.75 Å². The number of hydrogen-bond donors (Lipinski definition) is 1. The van der Waals surface area contributed by atoms with Crippen molar-refractivity contribution >= 4 is 5.91 Å². The summed E-state index contributed by atoms with van der Waals surface area (Å²) in [5, 5.41) is 9.50. The van der Waals surface area contributed by atoms with Gasteiger partial charge in [0.25, 0.3) is 5.91 Å². The summed E-state index contributed by atoms with van der Waals surface area (Å²) in [5.41, 5.74) is -0.307. The standard InChI is InChI=1S/C12H16FNO3/c1-8(7-17-3)14(2)12(16)11-9(13)5-4-6-10(11)15/h4-6,8,15H,7H2,1-3H3. The van der Waals surface area contributed by atoms with E-state index in [9.17, 15) is 14.3 Å². The predicted octanol–water partition coefficient (Wildman–Crippen LogP) is 1.64. The normalized spacial score (nSPS) is 12.2. The zero-order valence-electron chi connectivity index (χ0n) is 10.1. The van der Waals surface area contributed by atoms with Crippen LogP contribution in [0.3, 0.4) is 0 Å². The first-order valence-corrected chi connectivity index (χ1v) is 5.22. The van der Waals surface area contributed by atoms with E-state index in [2.05, 4.69) is 0 Å². The molecule has 1 aromatic carbocycles. The molecule has 0 aromatic heterocycles. The number of methoxy groups -OCH3 is 1. The number of aromatic hydroxyl groups is 1. The number of benzene rings is 1. The van der Waals surface area contributed by atoms with Gasteiger partial charge in [-0.1, -0.05) is 6.07 Å². The maximum Gasteiger partial charge on any atom is 0.260 e. The molecule has 1 atom stereocenters. The van der Waals surface area contributed by atoms with Crippen LogP contribution >= 0.6 is 0 Å². The number of halogens is 1. The summed E-state index contributed by atoms with van der Waals surface area (Å²) in [6.07, 6.45) is 0. The molecule has 1 aromatic rings. The summed E-state index contributed by atoms with van der Waals surface area (Å²) in [7, 11) is 3.06. The van der Waals surface area contributed by atoms with Gasteiger partial charge in [-0.25, -0.2) is 4.39 Å². The first kappa shape index (κ1) is 13.4. The fourth-order valence-electron chi connectivity index (χ4n) is 1.45. The van der Waals surface area contributed by atoms with E-state index in [1.54, 1.807) is 6.92 Å². The Labute approximate surface area is 99.6 Å². The van der Waals surface area contributed by atoms with Gasteiger partial charge in [0, 0.05) is 14.2 Å². The Hall–Kier alpha value is -1.62. The van der Waals surface area contributed by atoms with Crippen molar-refractivity contribution in [2.45, 2.75) is 13.0 Å². The van der Waals surface area contributed by atoms with Crippen molar-refractivity contribution in [1.29, 1.82) is 0 Å². The van der Waals surface area contributed by atoms with Crippen LogP contribution in [-0.4, -0.2) is 42.7 Å². The van der Waals surface area contributed by atoms with E-state index in [4.69, 9.17) is 4.74 Å². The fraction of sp³-hybridized carbons (Fsp3) is 0.417. The number of phenols is 1. The SMILES string of the molecule is COCC(C)N(C)C(=O)c1c(O)cccc1F. The van der Waals surface area contributed by atoms with Crippen molar-refractivity contribution in [3.05, 3.63) is 29.6 Å². The van der Waals surface area contributed by atoms with Gasteiger partial charge in [-0.3, -0.25) is 4.79 Å². The minimum Gasteiger partial charge on any atom is -0.507 e. The third kappa shape index (κ3) is 2.94. The van der Waals surface area contributed by atoms with Gasteiger partial charge in [0.1, 0.15) is 17.1 Å². The van der Waals surface area contributed by atoms with Crippen LogP contribution in [0, 0.1) is 5.82 Å². The van der Waals surface area contributed by atoms with Gasteiger partial charge in [0.05, 0.1) is 12.6 Å². The average molecular weight is 241 g/mol. The molecule has 1 N–H and O–H groups in total. The smallest absolute Gasteiger partial charge is 0.260 e. The molecule has 4 nitrogen and oxygen atoms in total. The van der Waals surface area contributed by atoms with Gasteiger partial charge in [-0.15, -0.1) is 0 Å². The van der Waals surface area contributed by atoms with Crippen LogP contribution in [0.1, 0.15) is 17.3 Å². The highest BCUT2D eigenvalue weighted by Gasteiger charge is 2.23. The van der Waals surface area contributed by atoms with E-state index in [1.807, 2.05) is 0 Å². The van der Waals surface area contributed by atoms with E-state index < -0.39 is 11.7 Å². The molecule has 0 saturated heterocycles. The molecule has 1 rings (SSSR count). The van der Waals surface area contributed by atoms with Crippen LogP contribution < -0.4 is 0 Å². The van der Waals surface area contributed by atoms with Crippen LogP contribution in [0.4, 0.5) is 4.39 Å². The van der Waals surface area contributed by atoms with Gasteiger partial charge in [-0.05, 0) is 19.1 Å². The molecular formula is C12H16FNO3. The molecule has 5 heteroatoms. The second kappa shape index (κ2) is 5.63. The number of carbonyl (C=O) groups is 1. The third-order valence-corrected chi connectivity index (χ3v) is 2.59. The van der Waals surface area contributed by atoms with Gasteiger partial charge < -0.3 is 14.7 Å². The molecule has 0 radical (unpaired) electrons. The number of ether oxygens (including phenoxy) is 1. The number of hydrogen-bond acceptors (Lipinski definition) is 3. The minimum absolute atomic E-state index is 0.202. The zero-order chi connectivity index (χ0) is 13.0. The summed E-state index contributed by atoms with van der Waals surface area (Å²) < 4.78 is 18.4. The van der Waals surface area contributed by atoms with Gasteiger partial charge in [0.15, 0.2) is 0 Å². The lowest BCUT2D eigenvalue weighted by molar-refractivity contribution is 0.0626. The number of likely N-dealkylation sites (N-methyl/N-ethyl adjacent to an activating group) is 1. The van der Waals surface area contributed by atoms with Crippen LogP contribution in [0.15, 0.2) is 18.2 Å². The van der Waals surface area contributed by atoms with Gasteiger partial charge >= 0.3 is 0 Å². The second-order valence-electron chi connectivity index (χ2n) is 3.85. The molecule has 0 aliphatic rings. The highest BCUT2D eigenvalue weighted by Crippen LogP contribution is 2.21. The summed E-state index contributed by atoms with van der Waals surface area (Å²) in [6.45, 7) is 2.12. The topological polar surface area (TPSA) is 49.8 Å². The highest BCUT2D eigenvalue weighted by atomic mass is 19.1. The van der Waals surface area contributed by atoms with Crippen molar-refractivity contribution in [1.82, 2.24) is 4.90 Å². The Balaban J connectivity index is 2.96. The molecule has 17 heavy (non-hydrogen) atoms. The van der Waals surface area contributed by atoms with Gasteiger partial charge in [-0.2, -0.15) is 0 Å². The number of nitrogens with zero attached hydrogens (tertiary/aromatic N) is 1. The van der Waals surface area contributed by atoms with Crippen molar-refractivity contribution in [2.24, 2.45) is 0 Å². The van der Waals surface area contributed by atoms with E-state index in [1.165, 1.54) is 31.2 Å². The fourth-order valence-corrected chi connectivity index (χ4v) is 1.45. The maximum absolute atomic E-state index is 13.5. The summed E-state index contributed by atoms with van der Waals surface area (Å²) in [6, 6.07) is 3.57. The lowest BCUT2D eigenvalue weighted by Crippen LogP contribution is -2.38. The molecule has 94 valence electrons. The van der Waals surface area contributed by atoms with Crippen LogP contribution in [0.5, 0.6) is 5.75 Å². The first-order valence-electron chi connectivity index (χ1n) is 5.22. The molecule has 0 saturated carbocycles. The molecule has 1 unspecified atom stereocenters. The molecule has 0 spiro atoms. The number of amides is 1. The predicted molar refractivity (Wildman–Crippen MR) is 61.5 cm³/mol. The summed E-state index contributed by atoms with van der Waals surface area (Å²) in [5.74, 6) is -1.65. The monoisotopic (exact) mass is 241 g/mol. The number of rotatable bonds is 4. The van der Waals surface area contributed by atoms with Crippen molar-refractivity contribution in [3.63, 3.8) is 0 Å². The lowest BCUT2D eigenvalue weighted by atomic mass is 10.1. The number of phenolic OH excluding ortho intramolecular Hbond substituents is 1. The lowest BCUT2D eigenvalue weighted by Gasteiger charge is -2.24. The summed E-state index contributed by atoms with van der Waals surface area (Å²) in [4.78, 5) is 13.3.